The Balaban J connectivity index is 0.803. The number of phenolic OH excluding ortho intramolecular Hbond substituents is 1. The zero-order valence-corrected chi connectivity index (χ0v) is 45.3. The second-order valence-corrected chi connectivity index (χ2v) is 24.0. The molecule has 3 aliphatic rings. The number of alkyl halides is 3. The number of aliphatic hydroxyl groups is 1. The standard InChI is InChI=1S/C57H62F3N7O9S2/c1-34(36-9-11-39(12-10-36)52-35(2)62-33-77-52)63-54(71)45-28-43(69)30-66(45)55(72)53(56(3,4)5)64-48(70)8-6-7-27-75-44-23-19-41(20-24-44)67(31-57(58,59)60)78(73,74)47-29-46-49(37-15-21-42(68)22-16-37)50(51(47)76-46)38-13-17-40(18-14-38)65-26-25-61-32-65/h9-26,32-34,43,45-47,51,53,68-69H,6-8,27-31H2,1-5H3,(H,63,71)(H,64,70)/t34-,43+,45-,46?,47?,51?,53+/m0/s1. The molecule has 412 valence electrons. The van der Waals surface area contributed by atoms with Crippen molar-refractivity contribution in [1.29, 1.82) is 0 Å². The number of aryl methyl sites for hydroxylation is 1. The Bertz CT molecular complexity index is 3240. The Morgan fingerprint density at radius 1 is 0.897 bits per heavy atom. The number of likely N-dealkylation sites (tertiary alicyclic amines) is 1. The van der Waals surface area contributed by atoms with Gasteiger partial charge in [-0.15, -0.1) is 11.3 Å². The van der Waals surface area contributed by atoms with Crippen molar-refractivity contribution in [2.45, 2.75) is 115 Å². The highest BCUT2D eigenvalue weighted by atomic mass is 32.2. The number of thiazole rings is 1. The normalized spacial score (nSPS) is 20.2. The van der Waals surface area contributed by atoms with E-state index in [-0.39, 0.29) is 49.6 Å². The average Bonchev–Trinajstić information content (AvgIpc) is 4.42. The summed E-state index contributed by atoms with van der Waals surface area (Å²) in [5, 5.41) is 25.2. The molecule has 2 saturated heterocycles. The van der Waals surface area contributed by atoms with Crippen LogP contribution in [-0.4, -0.2) is 117 Å². The van der Waals surface area contributed by atoms with Gasteiger partial charge in [0.2, 0.25) is 27.7 Å². The van der Waals surface area contributed by atoms with Gasteiger partial charge in [-0.3, -0.25) is 18.7 Å². The number of benzene rings is 4. The number of fused-ring (bicyclic) bond motifs is 2. The second-order valence-electron chi connectivity index (χ2n) is 21.1. The van der Waals surface area contributed by atoms with Crippen LogP contribution in [0.25, 0.3) is 27.3 Å². The van der Waals surface area contributed by atoms with Crippen molar-refractivity contribution in [3.05, 3.63) is 144 Å². The Labute approximate surface area is 455 Å². The van der Waals surface area contributed by atoms with Crippen LogP contribution in [0.1, 0.15) is 88.2 Å². The molecule has 2 bridgehead atoms. The Morgan fingerprint density at radius 2 is 1.56 bits per heavy atom. The number of unbranched alkanes of at least 4 members (excludes halogenated alkanes) is 1. The Morgan fingerprint density at radius 3 is 2.19 bits per heavy atom. The molecule has 0 saturated carbocycles. The van der Waals surface area contributed by atoms with Crippen molar-refractivity contribution in [3.8, 4) is 27.6 Å². The molecule has 3 amide bonds. The van der Waals surface area contributed by atoms with E-state index in [0.717, 1.165) is 27.4 Å². The van der Waals surface area contributed by atoms with Crippen LogP contribution in [0.15, 0.2) is 121 Å². The molecule has 21 heteroatoms. The summed E-state index contributed by atoms with van der Waals surface area (Å²) in [4.78, 5) is 52.1. The minimum atomic E-state index is -4.91. The van der Waals surface area contributed by atoms with E-state index in [0.29, 0.717) is 39.4 Å². The third-order valence-electron chi connectivity index (χ3n) is 14.4. The SMILES string of the molecule is Cc1ncsc1-c1ccc([C@H](C)NC(=O)[C@@H]2C[C@@H](O)CN2C(=O)[C@@H](NC(=O)CCCCOc2ccc(N(CC(F)(F)F)S(=O)(=O)C3CC4OC3C(c3ccc(-n5ccnc5)cc3)=C4c3ccc(O)cc3)cc2)C(C)(C)C)cc1. The summed E-state index contributed by atoms with van der Waals surface area (Å²) in [5.41, 5.74) is 6.93. The molecule has 3 unspecified atom stereocenters. The summed E-state index contributed by atoms with van der Waals surface area (Å²) in [7, 11) is -4.75. The number of ether oxygens (including phenoxy) is 2. The van der Waals surface area contributed by atoms with E-state index in [1.165, 1.54) is 41.3 Å². The molecule has 16 nitrogen and oxygen atoms in total. The van der Waals surface area contributed by atoms with Gasteiger partial charge in [-0.2, -0.15) is 13.2 Å². The predicted octanol–water partition coefficient (Wildman–Crippen LogP) is 8.78. The smallest absolute Gasteiger partial charge is 0.407 e. The molecule has 4 aromatic carbocycles. The summed E-state index contributed by atoms with van der Waals surface area (Å²) >= 11 is 1.55. The summed E-state index contributed by atoms with van der Waals surface area (Å²) in [6, 6.07) is 24.4. The van der Waals surface area contributed by atoms with Crippen LogP contribution < -0.4 is 19.7 Å². The fourth-order valence-electron chi connectivity index (χ4n) is 10.4. The molecular formula is C57H62F3N7O9S2. The maximum atomic E-state index is 14.6. The minimum absolute atomic E-state index is 0.0225. The number of aliphatic hydroxyl groups excluding tert-OH is 1. The lowest BCUT2D eigenvalue weighted by Crippen LogP contribution is -2.57. The van der Waals surface area contributed by atoms with Crippen LogP contribution in [0.5, 0.6) is 11.5 Å². The van der Waals surface area contributed by atoms with Gasteiger partial charge in [0.1, 0.15) is 41.5 Å². The number of carbonyl (C=O) groups is 3. The van der Waals surface area contributed by atoms with Gasteiger partial charge in [-0.1, -0.05) is 69.3 Å². The van der Waals surface area contributed by atoms with Crippen molar-refractivity contribution in [1.82, 2.24) is 30.1 Å². The number of anilines is 1. The van der Waals surface area contributed by atoms with Crippen LogP contribution in [0.2, 0.25) is 0 Å². The maximum Gasteiger partial charge on any atom is 0.407 e. The number of hydrogen-bond acceptors (Lipinski definition) is 12. The summed E-state index contributed by atoms with van der Waals surface area (Å²) in [5.74, 6) is -1.03. The quantitative estimate of drug-likeness (QED) is 0.0564. The van der Waals surface area contributed by atoms with Crippen LogP contribution >= 0.6 is 11.3 Å². The van der Waals surface area contributed by atoms with Gasteiger partial charge < -0.3 is 39.8 Å². The van der Waals surface area contributed by atoms with Crippen molar-refractivity contribution in [2.24, 2.45) is 5.41 Å². The van der Waals surface area contributed by atoms with Gasteiger partial charge >= 0.3 is 6.18 Å². The van der Waals surface area contributed by atoms with Gasteiger partial charge in [0.05, 0.1) is 53.0 Å². The molecule has 0 aliphatic carbocycles. The number of amides is 3. The van der Waals surface area contributed by atoms with E-state index in [1.54, 1.807) is 85.2 Å². The highest BCUT2D eigenvalue weighted by molar-refractivity contribution is 7.93. The third-order valence-corrected chi connectivity index (χ3v) is 17.6. The molecule has 3 aliphatic heterocycles. The van der Waals surface area contributed by atoms with E-state index >= 15 is 0 Å². The number of rotatable bonds is 19. The largest absolute Gasteiger partial charge is 0.508 e. The number of sulfonamides is 1. The lowest BCUT2D eigenvalue weighted by atomic mass is 9.83. The number of nitrogens with one attached hydrogen (secondary N) is 2. The topological polar surface area (TPSA) is 206 Å². The van der Waals surface area contributed by atoms with Gasteiger partial charge in [-0.25, -0.2) is 18.4 Å². The number of β-amino-alcohol motifs (C(OH)–C–C–N with tert-alkyl or cyclic N) is 1. The van der Waals surface area contributed by atoms with Gasteiger partial charge in [0.15, 0.2) is 0 Å². The van der Waals surface area contributed by atoms with E-state index in [4.69, 9.17) is 9.47 Å². The van der Waals surface area contributed by atoms with Crippen molar-refractivity contribution in [2.75, 3.05) is 24.0 Å². The first kappa shape index (κ1) is 55.7. The Kier molecular flexibility index (Phi) is 16.2. The fraction of sp³-hybridized carbons (Fsp3) is 0.386. The fourth-order valence-corrected chi connectivity index (χ4v) is 13.2. The van der Waals surface area contributed by atoms with Crippen molar-refractivity contribution >= 4 is 55.9 Å². The molecule has 78 heavy (non-hydrogen) atoms. The molecule has 4 N–H and O–H groups in total. The molecule has 2 fully saturated rings. The van der Waals surface area contributed by atoms with E-state index in [1.807, 2.05) is 50.2 Å². The summed E-state index contributed by atoms with van der Waals surface area (Å²) in [6.45, 7) is 7.45. The number of nitrogens with zero attached hydrogens (tertiary/aromatic N) is 5. The molecular weight excluding hydrogens is 1050 g/mol. The number of imidazole rings is 1. The lowest BCUT2D eigenvalue weighted by Gasteiger charge is -2.35. The number of halogens is 3. The average molecular weight is 1110 g/mol. The van der Waals surface area contributed by atoms with E-state index < -0.39 is 87.6 Å². The molecule has 0 radical (unpaired) electrons. The summed E-state index contributed by atoms with van der Waals surface area (Å²) < 4.78 is 86.7. The number of phenols is 1. The van der Waals surface area contributed by atoms with Crippen LogP contribution in [0, 0.1) is 12.3 Å². The monoisotopic (exact) mass is 1110 g/mol. The zero-order chi connectivity index (χ0) is 55.7. The van der Waals surface area contributed by atoms with Gasteiger partial charge in [-0.05, 0) is 120 Å². The number of carbonyl (C=O) groups excluding carboxylic acids is 3. The molecule has 7 atom stereocenters. The highest BCUT2D eigenvalue weighted by Crippen LogP contribution is 2.52. The lowest BCUT2D eigenvalue weighted by molar-refractivity contribution is -0.144. The first-order chi connectivity index (χ1) is 37.0. The Hall–Kier alpha value is -7.07. The van der Waals surface area contributed by atoms with Crippen molar-refractivity contribution < 1.29 is 55.7 Å². The molecule has 0 spiro atoms. The van der Waals surface area contributed by atoms with Crippen LogP contribution in [0.4, 0.5) is 18.9 Å². The molecule has 5 heterocycles. The molecule has 6 aromatic rings. The highest BCUT2D eigenvalue weighted by Gasteiger charge is 2.55. The van der Waals surface area contributed by atoms with Crippen LogP contribution in [0.3, 0.4) is 0 Å². The van der Waals surface area contributed by atoms with Gasteiger partial charge in [0.25, 0.3) is 0 Å². The number of hydrogen-bond donors (Lipinski definition) is 4. The van der Waals surface area contributed by atoms with Crippen molar-refractivity contribution in [3.63, 3.8) is 0 Å². The zero-order valence-electron chi connectivity index (χ0n) is 43.7. The molecule has 2 aromatic heterocycles. The van der Waals surface area contributed by atoms with Crippen LogP contribution in [-0.2, 0) is 29.1 Å². The summed E-state index contributed by atoms with van der Waals surface area (Å²) in [6.07, 6.45) is -2.01. The minimum Gasteiger partial charge on any atom is -0.508 e. The first-order valence-corrected chi connectivity index (χ1v) is 28.1. The molecule has 9 rings (SSSR count). The first-order valence-electron chi connectivity index (χ1n) is 25.7. The van der Waals surface area contributed by atoms with E-state index in [9.17, 15) is 46.2 Å². The number of aromatic nitrogens is 3. The predicted molar refractivity (Wildman–Crippen MR) is 290 cm³/mol. The van der Waals surface area contributed by atoms with E-state index in [2.05, 4.69) is 20.6 Å². The second kappa shape index (κ2) is 22.7. The maximum absolute atomic E-state index is 14.6. The third kappa shape index (κ3) is 12.3. The number of aromatic hydroxyl groups is 1. The van der Waals surface area contributed by atoms with Gasteiger partial charge in [0, 0.05) is 37.5 Å².